The lowest BCUT2D eigenvalue weighted by atomic mass is 10.1. The average Bonchev–Trinajstić information content (AvgIpc) is 3.41. The Balaban J connectivity index is 1.23. The number of nitrogens with one attached hydrogen (secondary N) is 3. The number of carbonyl (C=O) groups excluding carboxylic acids is 1. The highest BCUT2D eigenvalue weighted by Gasteiger charge is 2.22. The molecule has 0 radical (unpaired) electrons. The van der Waals surface area contributed by atoms with Crippen molar-refractivity contribution in [2.45, 2.75) is 18.9 Å². The summed E-state index contributed by atoms with van der Waals surface area (Å²) in [4.78, 5) is 32.5. The summed E-state index contributed by atoms with van der Waals surface area (Å²) in [5.74, 6) is -1.47. The predicted molar refractivity (Wildman–Crippen MR) is 157 cm³/mol. The molecule has 0 bridgehead atoms. The van der Waals surface area contributed by atoms with Crippen LogP contribution in [-0.2, 0) is 0 Å². The summed E-state index contributed by atoms with van der Waals surface area (Å²) in [6.07, 6.45) is 4.65. The van der Waals surface area contributed by atoms with E-state index in [1.807, 2.05) is 0 Å². The van der Waals surface area contributed by atoms with Gasteiger partial charge in [-0.3, -0.25) is 14.7 Å². The third-order valence-electron chi connectivity index (χ3n) is 7.13. The van der Waals surface area contributed by atoms with Crippen LogP contribution in [-0.4, -0.2) is 61.9 Å². The summed E-state index contributed by atoms with van der Waals surface area (Å²) in [6, 6.07) is 10.3. The fourth-order valence-electron chi connectivity index (χ4n) is 4.82. The molecule has 3 aromatic heterocycles. The van der Waals surface area contributed by atoms with Crippen LogP contribution >= 0.6 is 11.6 Å². The normalized spacial score (nSPS) is 14.1. The molecule has 1 saturated heterocycles. The summed E-state index contributed by atoms with van der Waals surface area (Å²) >= 11 is 6.41. The topological polar surface area (TPSA) is 130 Å². The van der Waals surface area contributed by atoms with Crippen molar-refractivity contribution in [3.63, 3.8) is 0 Å². The first kappa shape index (κ1) is 28.2. The maximum atomic E-state index is 15.3. The van der Waals surface area contributed by atoms with Gasteiger partial charge >= 0.3 is 0 Å². The fourth-order valence-corrected chi connectivity index (χ4v) is 5.02. The Morgan fingerprint density at radius 2 is 1.84 bits per heavy atom. The van der Waals surface area contributed by atoms with Gasteiger partial charge in [-0.1, -0.05) is 11.6 Å². The van der Waals surface area contributed by atoms with Crippen molar-refractivity contribution >= 4 is 40.0 Å². The van der Waals surface area contributed by atoms with Gasteiger partial charge in [0.1, 0.15) is 22.5 Å². The fraction of sp³-hybridized carbons (Fsp3) is 0.207. The monoisotopic (exact) mass is 606 g/mol. The number of halogens is 3. The molecule has 4 heterocycles. The summed E-state index contributed by atoms with van der Waals surface area (Å²) in [6.45, 7) is 1.92. The number of anilines is 2. The summed E-state index contributed by atoms with van der Waals surface area (Å²) < 4.78 is 35.5. The highest BCUT2D eigenvalue weighted by molar-refractivity contribution is 6.34. The van der Waals surface area contributed by atoms with E-state index in [2.05, 4.69) is 42.9 Å². The largest absolute Gasteiger partial charge is 0.453 e. The van der Waals surface area contributed by atoms with Crippen LogP contribution in [0, 0.1) is 11.6 Å². The highest BCUT2D eigenvalue weighted by atomic mass is 35.5. The second kappa shape index (κ2) is 11.8. The van der Waals surface area contributed by atoms with Crippen LogP contribution in [0.5, 0.6) is 11.5 Å². The quantitative estimate of drug-likeness (QED) is 0.236. The third kappa shape index (κ3) is 5.90. The summed E-state index contributed by atoms with van der Waals surface area (Å²) in [5, 5.41) is 17.6. The van der Waals surface area contributed by atoms with Crippen molar-refractivity contribution in [1.29, 1.82) is 0 Å². The van der Waals surface area contributed by atoms with E-state index >= 15 is 4.39 Å². The second-order valence-electron chi connectivity index (χ2n) is 10.1. The van der Waals surface area contributed by atoms with Crippen molar-refractivity contribution in [2.75, 3.05) is 30.8 Å². The average molecular weight is 607 g/mol. The summed E-state index contributed by atoms with van der Waals surface area (Å²) in [7, 11) is 2.08. The van der Waals surface area contributed by atoms with Crippen LogP contribution < -0.4 is 20.9 Å². The first-order valence-corrected chi connectivity index (χ1v) is 13.8. The number of pyridine rings is 1. The Morgan fingerprint density at radius 3 is 2.60 bits per heavy atom. The first-order valence-electron chi connectivity index (χ1n) is 13.4. The van der Waals surface area contributed by atoms with Crippen LogP contribution in [0.4, 0.5) is 20.3 Å². The van der Waals surface area contributed by atoms with E-state index in [1.165, 1.54) is 48.8 Å². The minimum atomic E-state index is -0.836. The number of ether oxygens (including phenoxy) is 1. The number of piperidine rings is 1. The van der Waals surface area contributed by atoms with Gasteiger partial charge in [0.25, 0.3) is 11.5 Å². The molecule has 3 N–H and O–H groups in total. The molecule has 0 saturated carbocycles. The van der Waals surface area contributed by atoms with Gasteiger partial charge in [-0.05, 0) is 63.3 Å². The molecule has 0 spiro atoms. The van der Waals surface area contributed by atoms with Crippen molar-refractivity contribution in [2.24, 2.45) is 0 Å². The van der Waals surface area contributed by atoms with Gasteiger partial charge < -0.3 is 20.3 Å². The van der Waals surface area contributed by atoms with Gasteiger partial charge in [0.2, 0.25) is 0 Å². The molecule has 1 aliphatic rings. The number of carbonyl (C=O) groups is 1. The third-order valence-corrected chi connectivity index (χ3v) is 7.45. The van der Waals surface area contributed by atoms with Gasteiger partial charge in [-0.2, -0.15) is 14.9 Å². The molecule has 1 aliphatic heterocycles. The Kier molecular flexibility index (Phi) is 7.74. The van der Waals surface area contributed by atoms with Crippen LogP contribution in [0.2, 0.25) is 5.02 Å². The molecule has 0 unspecified atom stereocenters. The van der Waals surface area contributed by atoms with E-state index in [4.69, 9.17) is 16.3 Å². The number of likely N-dealkylation sites (tertiary alicyclic amines) is 1. The van der Waals surface area contributed by atoms with Crippen molar-refractivity contribution in [1.82, 2.24) is 29.9 Å². The number of hydrogen-bond acceptors (Lipinski definition) is 8. The van der Waals surface area contributed by atoms with Gasteiger partial charge in [-0.15, -0.1) is 0 Å². The predicted octanol–water partition coefficient (Wildman–Crippen LogP) is 4.99. The van der Waals surface area contributed by atoms with Crippen LogP contribution in [0.15, 0.2) is 65.7 Å². The van der Waals surface area contributed by atoms with Crippen LogP contribution in [0.3, 0.4) is 0 Å². The molecule has 0 aliphatic carbocycles. The zero-order valence-electron chi connectivity index (χ0n) is 22.8. The van der Waals surface area contributed by atoms with E-state index in [1.54, 1.807) is 6.07 Å². The molecule has 11 nitrogen and oxygen atoms in total. The lowest BCUT2D eigenvalue weighted by Gasteiger charge is -2.29. The molecule has 2 aromatic carbocycles. The van der Waals surface area contributed by atoms with E-state index in [-0.39, 0.29) is 33.8 Å². The van der Waals surface area contributed by atoms with E-state index in [0.717, 1.165) is 36.7 Å². The molecule has 5 aromatic rings. The SMILES string of the molecule is CN1CCC(Nc2n[nH]c3nccc(Oc4cc(Cl)c(NC(=O)c5ccnn(-c6ccc(F)cc6)c5=O)cc4F)c23)CC1. The molecule has 1 amide bonds. The zero-order valence-corrected chi connectivity index (χ0v) is 23.5. The zero-order chi connectivity index (χ0) is 30.1. The standard InChI is InChI=1S/C29H25ClF2N8O3/c1-39-12-8-17(9-13-39)35-27-25-23(7-10-33-26(25)37-38-27)43-24-14-20(30)22(15-21(24)32)36-28(41)19-6-11-34-40(29(19)42)18-4-2-16(31)3-5-18/h2-7,10-11,14-15,17H,8-9,12-13H2,1H3,(H,36,41)(H2,33,35,37,38). The number of nitrogens with zero attached hydrogens (tertiary/aromatic N) is 5. The van der Waals surface area contributed by atoms with E-state index < -0.39 is 23.1 Å². The maximum absolute atomic E-state index is 15.3. The van der Waals surface area contributed by atoms with Crippen molar-refractivity contribution in [3.8, 4) is 17.2 Å². The first-order chi connectivity index (χ1) is 20.8. The minimum Gasteiger partial charge on any atom is -0.453 e. The number of hydrogen-bond donors (Lipinski definition) is 3. The molecule has 14 heteroatoms. The number of fused-ring (bicyclic) bond motifs is 1. The van der Waals surface area contributed by atoms with E-state index in [0.29, 0.717) is 22.6 Å². The van der Waals surface area contributed by atoms with Crippen molar-refractivity contribution in [3.05, 3.63) is 93.5 Å². The summed E-state index contributed by atoms with van der Waals surface area (Å²) in [5.41, 5.74) is -0.380. The Bertz CT molecular complexity index is 1870. The number of aromatic nitrogens is 5. The van der Waals surface area contributed by atoms with Crippen molar-refractivity contribution < 1.29 is 18.3 Å². The molecule has 43 heavy (non-hydrogen) atoms. The Labute approximate surface area is 248 Å². The van der Waals surface area contributed by atoms with Gasteiger partial charge in [-0.25, -0.2) is 13.8 Å². The number of rotatable bonds is 7. The van der Waals surface area contributed by atoms with Gasteiger partial charge in [0.05, 0.1) is 16.4 Å². The lowest BCUT2D eigenvalue weighted by molar-refractivity contribution is 0.102. The molecule has 6 rings (SSSR count). The number of H-pyrrole nitrogens is 1. The van der Waals surface area contributed by atoms with Gasteiger partial charge in [0, 0.05) is 36.6 Å². The highest BCUT2D eigenvalue weighted by Crippen LogP contribution is 2.37. The minimum absolute atomic E-state index is 0.0279. The molecule has 220 valence electrons. The van der Waals surface area contributed by atoms with E-state index in [9.17, 15) is 14.0 Å². The maximum Gasteiger partial charge on any atom is 0.284 e. The number of amides is 1. The molecular formula is C29H25ClF2N8O3. The van der Waals surface area contributed by atoms with Crippen LogP contribution in [0.25, 0.3) is 16.7 Å². The number of aromatic amines is 1. The number of benzene rings is 2. The Hall–Kier alpha value is -4.88. The molecule has 0 atom stereocenters. The van der Waals surface area contributed by atoms with Gasteiger partial charge in [0.15, 0.2) is 23.0 Å². The Morgan fingerprint density at radius 1 is 1.07 bits per heavy atom. The molecular weight excluding hydrogens is 582 g/mol. The van der Waals surface area contributed by atoms with Crippen LogP contribution in [0.1, 0.15) is 23.2 Å². The second-order valence-corrected chi connectivity index (χ2v) is 10.5. The molecule has 1 fully saturated rings. The lowest BCUT2D eigenvalue weighted by Crippen LogP contribution is -2.36. The smallest absolute Gasteiger partial charge is 0.284 e.